The largest absolute Gasteiger partial charge is 0.467 e. The minimum atomic E-state index is -3.70. The second-order valence-corrected chi connectivity index (χ2v) is 8.31. The Kier molecular flexibility index (Phi) is 4.73. The zero-order valence-corrected chi connectivity index (χ0v) is 16.0. The van der Waals surface area contributed by atoms with Gasteiger partial charge in [0.2, 0.25) is 10.0 Å². The van der Waals surface area contributed by atoms with Gasteiger partial charge in [-0.3, -0.25) is 9.78 Å². The molecule has 3 aromatic rings. The molecule has 0 spiro atoms. The summed E-state index contributed by atoms with van der Waals surface area (Å²) in [7, 11) is -3.70. The van der Waals surface area contributed by atoms with Gasteiger partial charge in [0.05, 0.1) is 18.8 Å². The van der Waals surface area contributed by atoms with Crippen LogP contribution < -0.4 is 5.32 Å². The first-order valence-electron chi connectivity index (χ1n) is 8.76. The molecule has 0 aromatic carbocycles. The Labute approximate surface area is 162 Å². The Bertz CT molecular complexity index is 1080. The quantitative estimate of drug-likeness (QED) is 0.695. The third-order valence-electron chi connectivity index (χ3n) is 4.65. The first kappa shape index (κ1) is 18.4. The maximum atomic E-state index is 12.9. The van der Waals surface area contributed by atoms with Crippen molar-refractivity contribution in [2.75, 3.05) is 6.54 Å². The SMILES string of the molecule is C[C@H]1c2nc(C(=O)NCc3ccco3)cn2CCN1S(=O)(=O)c1cccnc1. The van der Waals surface area contributed by atoms with Crippen molar-refractivity contribution in [2.45, 2.75) is 31.0 Å². The normalized spacial score (nSPS) is 17.2. The van der Waals surface area contributed by atoms with Crippen molar-refractivity contribution < 1.29 is 17.6 Å². The van der Waals surface area contributed by atoms with E-state index in [9.17, 15) is 13.2 Å². The second-order valence-electron chi connectivity index (χ2n) is 6.42. The number of hydrogen-bond acceptors (Lipinski definition) is 6. The molecule has 0 saturated carbocycles. The van der Waals surface area contributed by atoms with Gasteiger partial charge in [0.1, 0.15) is 22.2 Å². The highest BCUT2D eigenvalue weighted by Gasteiger charge is 2.36. The van der Waals surface area contributed by atoms with E-state index in [0.29, 0.717) is 18.1 Å². The van der Waals surface area contributed by atoms with Gasteiger partial charge < -0.3 is 14.3 Å². The molecule has 10 heteroatoms. The van der Waals surface area contributed by atoms with E-state index in [1.54, 1.807) is 31.3 Å². The summed E-state index contributed by atoms with van der Waals surface area (Å²) in [4.78, 5) is 20.8. The molecular weight excluding hydrogens is 382 g/mol. The molecule has 0 radical (unpaired) electrons. The van der Waals surface area contributed by atoms with Gasteiger partial charge in [0.15, 0.2) is 0 Å². The van der Waals surface area contributed by atoms with E-state index in [2.05, 4.69) is 15.3 Å². The lowest BCUT2D eigenvalue weighted by atomic mass is 10.2. The van der Waals surface area contributed by atoms with Crippen LogP contribution in [0.15, 0.2) is 58.4 Å². The third-order valence-corrected chi connectivity index (χ3v) is 6.60. The lowest BCUT2D eigenvalue weighted by molar-refractivity contribution is 0.0943. The first-order chi connectivity index (χ1) is 13.5. The van der Waals surface area contributed by atoms with Gasteiger partial charge in [-0.2, -0.15) is 4.31 Å². The molecule has 9 nitrogen and oxygen atoms in total. The van der Waals surface area contributed by atoms with E-state index < -0.39 is 16.1 Å². The van der Waals surface area contributed by atoms with Gasteiger partial charge in [0, 0.05) is 31.7 Å². The molecule has 4 heterocycles. The summed E-state index contributed by atoms with van der Waals surface area (Å²) in [6, 6.07) is 6.11. The fourth-order valence-corrected chi connectivity index (χ4v) is 4.76. The van der Waals surface area contributed by atoms with Crippen LogP contribution in [-0.4, -0.2) is 39.7 Å². The molecule has 0 fully saturated rings. The van der Waals surface area contributed by atoms with Crippen LogP contribution in [0.5, 0.6) is 0 Å². The number of imidazole rings is 1. The maximum absolute atomic E-state index is 12.9. The summed E-state index contributed by atoms with van der Waals surface area (Å²) in [6.45, 7) is 2.72. The minimum absolute atomic E-state index is 0.137. The van der Waals surface area contributed by atoms with E-state index in [1.165, 1.54) is 29.0 Å². The highest BCUT2D eigenvalue weighted by molar-refractivity contribution is 7.89. The summed E-state index contributed by atoms with van der Waals surface area (Å²) in [6.07, 6.45) is 6.04. The molecule has 1 aliphatic heterocycles. The predicted octanol–water partition coefficient (Wildman–Crippen LogP) is 1.57. The number of rotatable bonds is 5. The summed E-state index contributed by atoms with van der Waals surface area (Å²) in [5.41, 5.74) is 0.244. The number of pyridine rings is 1. The predicted molar refractivity (Wildman–Crippen MR) is 98.6 cm³/mol. The summed E-state index contributed by atoms with van der Waals surface area (Å²) < 4.78 is 34.3. The Morgan fingerprint density at radius 1 is 1.32 bits per heavy atom. The highest BCUT2D eigenvalue weighted by Crippen LogP contribution is 2.30. The van der Waals surface area contributed by atoms with Crippen LogP contribution in [-0.2, 0) is 23.1 Å². The number of aromatic nitrogens is 3. The number of carbonyl (C=O) groups is 1. The average molecular weight is 401 g/mol. The fraction of sp³-hybridized carbons (Fsp3) is 0.278. The molecule has 0 saturated heterocycles. The number of sulfonamides is 1. The van der Waals surface area contributed by atoms with Crippen molar-refractivity contribution in [3.05, 3.63) is 66.4 Å². The third kappa shape index (κ3) is 3.32. The van der Waals surface area contributed by atoms with Crippen LogP contribution in [0.25, 0.3) is 0 Å². The molecule has 0 bridgehead atoms. The fourth-order valence-electron chi connectivity index (χ4n) is 3.22. The molecule has 3 aromatic heterocycles. The van der Waals surface area contributed by atoms with Crippen molar-refractivity contribution in [2.24, 2.45) is 0 Å². The topological polar surface area (TPSA) is 110 Å². The van der Waals surface area contributed by atoms with Crippen molar-refractivity contribution >= 4 is 15.9 Å². The van der Waals surface area contributed by atoms with Crippen LogP contribution in [0.1, 0.15) is 35.0 Å². The van der Waals surface area contributed by atoms with E-state index in [1.807, 2.05) is 4.57 Å². The van der Waals surface area contributed by atoms with Gasteiger partial charge in [-0.1, -0.05) is 0 Å². The Balaban J connectivity index is 1.54. The standard InChI is InChI=1S/C18H19N5O4S/c1-13-17-21-16(18(24)20-10-14-4-3-9-27-14)12-22(17)7-8-23(13)28(25,26)15-5-2-6-19-11-15/h2-6,9,11-13H,7-8,10H2,1H3,(H,20,24)/t13-/m0/s1. The van der Waals surface area contributed by atoms with E-state index in [0.717, 1.165) is 0 Å². The van der Waals surface area contributed by atoms with Crippen molar-refractivity contribution in [1.82, 2.24) is 24.2 Å². The van der Waals surface area contributed by atoms with Crippen molar-refractivity contribution in [3.63, 3.8) is 0 Å². The van der Waals surface area contributed by atoms with Crippen LogP contribution in [0, 0.1) is 0 Å². The van der Waals surface area contributed by atoms with Gasteiger partial charge in [-0.15, -0.1) is 0 Å². The zero-order valence-electron chi connectivity index (χ0n) is 15.1. The summed E-state index contributed by atoms with van der Waals surface area (Å²) in [5.74, 6) is 0.827. The Morgan fingerprint density at radius 3 is 2.89 bits per heavy atom. The number of nitrogens with one attached hydrogen (secondary N) is 1. The number of nitrogens with zero attached hydrogens (tertiary/aromatic N) is 4. The van der Waals surface area contributed by atoms with Gasteiger partial charge in [-0.25, -0.2) is 13.4 Å². The lowest BCUT2D eigenvalue weighted by Crippen LogP contribution is -2.41. The van der Waals surface area contributed by atoms with Gasteiger partial charge >= 0.3 is 0 Å². The number of hydrogen-bond donors (Lipinski definition) is 1. The molecule has 1 amide bonds. The smallest absolute Gasteiger partial charge is 0.271 e. The van der Waals surface area contributed by atoms with Crippen LogP contribution in [0.4, 0.5) is 0 Å². The molecule has 146 valence electrons. The van der Waals surface area contributed by atoms with Crippen LogP contribution in [0.2, 0.25) is 0 Å². The van der Waals surface area contributed by atoms with Crippen molar-refractivity contribution in [3.8, 4) is 0 Å². The number of furan rings is 1. The number of carbonyl (C=O) groups excluding carboxylic acids is 1. The highest BCUT2D eigenvalue weighted by atomic mass is 32.2. The molecule has 1 atom stereocenters. The average Bonchev–Trinajstić information content (AvgIpc) is 3.37. The van der Waals surface area contributed by atoms with E-state index in [-0.39, 0.29) is 29.6 Å². The van der Waals surface area contributed by atoms with Gasteiger partial charge in [-0.05, 0) is 31.2 Å². The number of amides is 1. The molecule has 1 aliphatic rings. The molecule has 0 aliphatic carbocycles. The van der Waals surface area contributed by atoms with Crippen molar-refractivity contribution in [1.29, 1.82) is 0 Å². The summed E-state index contributed by atoms with van der Waals surface area (Å²) in [5, 5.41) is 2.74. The molecular formula is C18H19N5O4S. The van der Waals surface area contributed by atoms with Crippen LogP contribution in [0.3, 0.4) is 0 Å². The molecule has 0 unspecified atom stereocenters. The lowest BCUT2D eigenvalue weighted by Gasteiger charge is -2.32. The first-order valence-corrected chi connectivity index (χ1v) is 10.2. The Hall–Kier alpha value is -2.98. The zero-order chi connectivity index (χ0) is 19.7. The van der Waals surface area contributed by atoms with E-state index in [4.69, 9.17) is 4.42 Å². The summed E-state index contributed by atoms with van der Waals surface area (Å²) >= 11 is 0. The molecule has 28 heavy (non-hydrogen) atoms. The molecule has 1 N–H and O–H groups in total. The Morgan fingerprint density at radius 2 is 2.18 bits per heavy atom. The maximum Gasteiger partial charge on any atom is 0.271 e. The van der Waals surface area contributed by atoms with E-state index >= 15 is 0 Å². The number of fused-ring (bicyclic) bond motifs is 1. The second kappa shape index (κ2) is 7.21. The molecule has 4 rings (SSSR count). The van der Waals surface area contributed by atoms with Crippen LogP contribution >= 0.6 is 0 Å². The minimum Gasteiger partial charge on any atom is -0.467 e. The monoisotopic (exact) mass is 401 g/mol. The van der Waals surface area contributed by atoms with Gasteiger partial charge in [0.25, 0.3) is 5.91 Å².